The van der Waals surface area contributed by atoms with Gasteiger partial charge in [-0.2, -0.15) is 0 Å². The summed E-state index contributed by atoms with van der Waals surface area (Å²) >= 11 is 0. The molecule has 0 aliphatic carbocycles. The number of carbonyl (C=O) groups is 1. The number of halogens is 1. The van der Waals surface area contributed by atoms with Gasteiger partial charge in [-0.1, -0.05) is 6.07 Å². The first-order chi connectivity index (χ1) is 13.9. The number of nitrogens with zero attached hydrogens (tertiary/aromatic N) is 1. The third-order valence-corrected chi connectivity index (χ3v) is 5.41. The van der Waals surface area contributed by atoms with Crippen LogP contribution in [-0.4, -0.2) is 56.6 Å². The molecule has 0 radical (unpaired) electrons. The Hall–Kier alpha value is -1.70. The SMILES string of the molecule is CC1CN(c2ccc(CNC(=O)C(C)OCC3CCCCO3)cc2F)CC(C)O1. The van der Waals surface area contributed by atoms with Crippen LogP contribution in [0.3, 0.4) is 0 Å². The Morgan fingerprint density at radius 3 is 2.72 bits per heavy atom. The summed E-state index contributed by atoms with van der Waals surface area (Å²) in [6, 6.07) is 5.12. The fourth-order valence-corrected chi connectivity index (χ4v) is 3.89. The van der Waals surface area contributed by atoms with Crippen molar-refractivity contribution >= 4 is 11.6 Å². The highest BCUT2D eigenvalue weighted by Crippen LogP contribution is 2.24. The Bertz CT molecular complexity index is 671. The average Bonchev–Trinajstić information content (AvgIpc) is 2.70. The van der Waals surface area contributed by atoms with E-state index in [4.69, 9.17) is 14.2 Å². The van der Waals surface area contributed by atoms with Gasteiger partial charge in [-0.15, -0.1) is 0 Å². The molecule has 3 rings (SSSR count). The number of ether oxygens (including phenoxy) is 3. The minimum Gasteiger partial charge on any atom is -0.376 e. The van der Waals surface area contributed by atoms with Gasteiger partial charge in [-0.25, -0.2) is 4.39 Å². The van der Waals surface area contributed by atoms with Crippen molar-refractivity contribution in [2.45, 2.75) is 71.0 Å². The molecule has 162 valence electrons. The third kappa shape index (κ3) is 6.39. The van der Waals surface area contributed by atoms with E-state index in [1.54, 1.807) is 13.0 Å². The van der Waals surface area contributed by atoms with Gasteiger partial charge in [0, 0.05) is 26.2 Å². The van der Waals surface area contributed by atoms with Gasteiger partial charge >= 0.3 is 0 Å². The minimum absolute atomic E-state index is 0.0672. The maximum Gasteiger partial charge on any atom is 0.249 e. The fourth-order valence-electron chi connectivity index (χ4n) is 3.89. The van der Waals surface area contributed by atoms with E-state index in [0.29, 0.717) is 25.4 Å². The first-order valence-electron chi connectivity index (χ1n) is 10.6. The van der Waals surface area contributed by atoms with Gasteiger partial charge in [-0.3, -0.25) is 4.79 Å². The van der Waals surface area contributed by atoms with Crippen LogP contribution in [0.2, 0.25) is 0 Å². The summed E-state index contributed by atoms with van der Waals surface area (Å²) in [7, 11) is 0. The molecule has 2 heterocycles. The van der Waals surface area contributed by atoms with Crippen LogP contribution in [-0.2, 0) is 25.5 Å². The number of hydrogen-bond acceptors (Lipinski definition) is 5. The van der Waals surface area contributed by atoms with E-state index in [0.717, 1.165) is 31.4 Å². The van der Waals surface area contributed by atoms with Crippen LogP contribution in [0, 0.1) is 5.82 Å². The Morgan fingerprint density at radius 2 is 2.07 bits per heavy atom. The molecule has 0 bridgehead atoms. The van der Waals surface area contributed by atoms with E-state index < -0.39 is 6.10 Å². The third-order valence-electron chi connectivity index (χ3n) is 5.41. The molecule has 4 unspecified atom stereocenters. The van der Waals surface area contributed by atoms with Gasteiger partial charge in [0.1, 0.15) is 11.9 Å². The molecule has 7 heteroatoms. The predicted molar refractivity (Wildman–Crippen MR) is 109 cm³/mol. The van der Waals surface area contributed by atoms with Gasteiger partial charge in [0.15, 0.2) is 0 Å². The Balaban J connectivity index is 1.47. The Kier molecular flexibility index (Phi) is 7.86. The van der Waals surface area contributed by atoms with E-state index in [1.165, 1.54) is 6.07 Å². The summed E-state index contributed by atoms with van der Waals surface area (Å²) in [5.41, 5.74) is 1.29. The second kappa shape index (κ2) is 10.4. The molecule has 6 nitrogen and oxygen atoms in total. The molecule has 2 saturated heterocycles. The Morgan fingerprint density at radius 1 is 1.31 bits per heavy atom. The summed E-state index contributed by atoms with van der Waals surface area (Å²) in [4.78, 5) is 14.3. The number of rotatable bonds is 7. The number of nitrogens with one attached hydrogen (secondary N) is 1. The lowest BCUT2D eigenvalue weighted by molar-refractivity contribution is -0.135. The number of morpholine rings is 1. The van der Waals surface area contributed by atoms with Crippen molar-refractivity contribution in [3.8, 4) is 0 Å². The van der Waals surface area contributed by atoms with Crippen LogP contribution >= 0.6 is 0 Å². The van der Waals surface area contributed by atoms with Gasteiger partial charge < -0.3 is 24.4 Å². The normalized spacial score (nSPS) is 26.2. The van der Waals surface area contributed by atoms with Gasteiger partial charge in [0.2, 0.25) is 5.91 Å². The number of amides is 1. The van der Waals surface area contributed by atoms with Crippen LogP contribution in [0.15, 0.2) is 18.2 Å². The number of hydrogen-bond donors (Lipinski definition) is 1. The summed E-state index contributed by atoms with van der Waals surface area (Å²) in [6.07, 6.45) is 2.84. The molecule has 1 N–H and O–H groups in total. The minimum atomic E-state index is -0.569. The van der Waals surface area contributed by atoms with E-state index in [2.05, 4.69) is 5.32 Å². The van der Waals surface area contributed by atoms with Crippen molar-refractivity contribution < 1.29 is 23.4 Å². The molecule has 29 heavy (non-hydrogen) atoms. The van der Waals surface area contributed by atoms with Crippen LogP contribution in [0.4, 0.5) is 10.1 Å². The maximum atomic E-state index is 14.7. The molecule has 2 aliphatic heterocycles. The smallest absolute Gasteiger partial charge is 0.249 e. The predicted octanol–water partition coefficient (Wildman–Crippen LogP) is 3.03. The lowest BCUT2D eigenvalue weighted by Gasteiger charge is -2.37. The van der Waals surface area contributed by atoms with Crippen molar-refractivity contribution in [1.29, 1.82) is 0 Å². The number of benzene rings is 1. The van der Waals surface area contributed by atoms with E-state index in [-0.39, 0.29) is 36.6 Å². The number of anilines is 1. The van der Waals surface area contributed by atoms with Crippen LogP contribution in [0.1, 0.15) is 45.6 Å². The molecule has 0 spiro atoms. The summed E-state index contributed by atoms with van der Waals surface area (Å²) in [5, 5.41) is 2.82. The molecule has 2 aliphatic rings. The number of carbonyl (C=O) groups excluding carboxylic acids is 1. The summed E-state index contributed by atoms with van der Waals surface area (Å²) < 4.78 is 31.6. The zero-order valence-corrected chi connectivity index (χ0v) is 17.7. The summed E-state index contributed by atoms with van der Waals surface area (Å²) in [5.74, 6) is -0.488. The molecule has 0 saturated carbocycles. The highest BCUT2D eigenvalue weighted by atomic mass is 19.1. The van der Waals surface area contributed by atoms with Crippen LogP contribution in [0.5, 0.6) is 0 Å². The average molecular weight is 409 g/mol. The molecule has 0 aromatic heterocycles. The molecule has 4 atom stereocenters. The molecular weight excluding hydrogens is 375 g/mol. The van der Waals surface area contributed by atoms with Crippen molar-refractivity contribution in [2.75, 3.05) is 31.2 Å². The molecule has 1 aromatic carbocycles. The first kappa shape index (κ1) is 22.0. The van der Waals surface area contributed by atoms with Crippen molar-refractivity contribution in [3.63, 3.8) is 0 Å². The highest BCUT2D eigenvalue weighted by molar-refractivity contribution is 5.80. The largest absolute Gasteiger partial charge is 0.376 e. The molecule has 1 amide bonds. The van der Waals surface area contributed by atoms with Gasteiger partial charge in [-0.05, 0) is 57.7 Å². The first-order valence-corrected chi connectivity index (χ1v) is 10.6. The summed E-state index contributed by atoms with van der Waals surface area (Å²) in [6.45, 7) is 8.49. The monoisotopic (exact) mass is 408 g/mol. The molecular formula is C22H33FN2O4. The van der Waals surface area contributed by atoms with E-state index >= 15 is 0 Å². The highest BCUT2D eigenvalue weighted by Gasteiger charge is 2.24. The van der Waals surface area contributed by atoms with Gasteiger partial charge in [0.25, 0.3) is 0 Å². The lowest BCUT2D eigenvalue weighted by atomic mass is 10.1. The molecule has 1 aromatic rings. The fraction of sp³-hybridized carbons (Fsp3) is 0.682. The standard InChI is InChI=1S/C22H33FN2O4/c1-15-12-25(13-16(2)29-15)21-8-7-18(10-20(21)23)11-24-22(26)17(3)28-14-19-6-4-5-9-27-19/h7-8,10,15-17,19H,4-6,9,11-14H2,1-3H3,(H,24,26). The van der Waals surface area contributed by atoms with E-state index in [9.17, 15) is 9.18 Å². The second-order valence-electron chi connectivity index (χ2n) is 8.13. The van der Waals surface area contributed by atoms with E-state index in [1.807, 2.05) is 24.8 Å². The second-order valence-corrected chi connectivity index (χ2v) is 8.13. The van der Waals surface area contributed by atoms with Crippen LogP contribution in [0.25, 0.3) is 0 Å². The van der Waals surface area contributed by atoms with Gasteiger partial charge in [0.05, 0.1) is 30.6 Å². The van der Waals surface area contributed by atoms with Crippen molar-refractivity contribution in [2.24, 2.45) is 0 Å². The molecule has 2 fully saturated rings. The Labute approximate surface area is 172 Å². The van der Waals surface area contributed by atoms with Crippen molar-refractivity contribution in [3.05, 3.63) is 29.6 Å². The zero-order valence-electron chi connectivity index (χ0n) is 17.7. The lowest BCUT2D eigenvalue weighted by Crippen LogP contribution is -2.45. The van der Waals surface area contributed by atoms with Crippen molar-refractivity contribution in [1.82, 2.24) is 5.32 Å². The van der Waals surface area contributed by atoms with Crippen LogP contribution < -0.4 is 10.2 Å². The zero-order chi connectivity index (χ0) is 20.8. The quantitative estimate of drug-likeness (QED) is 0.752. The maximum absolute atomic E-state index is 14.7. The topological polar surface area (TPSA) is 60.0 Å².